The average Bonchev–Trinajstić information content (AvgIpc) is 2.99. The van der Waals surface area contributed by atoms with Gasteiger partial charge >= 0.3 is 6.09 Å². The summed E-state index contributed by atoms with van der Waals surface area (Å²) in [5.74, 6) is 1.36. The molecule has 10 nitrogen and oxygen atoms in total. The van der Waals surface area contributed by atoms with Crippen molar-refractivity contribution in [2.75, 3.05) is 52.3 Å². The standard InChI is InChI=1S/C29H30Cl2N6O4/c1-4-36-11-13-37(14-12-36)17-18-5-8-23(34-16-18)35-29(38)41-20-7-6-19(27-28(20)33-10-9-32-27)24-25(30)21(39-2)15-22(40-3)26(24)31/h5-10,15-16H,4,11-14,17H2,1-3H3,(H,34,35,38). The second-order valence-corrected chi connectivity index (χ2v) is 10.2. The number of rotatable bonds is 8. The molecule has 1 fully saturated rings. The first-order valence-corrected chi connectivity index (χ1v) is 13.9. The van der Waals surface area contributed by atoms with E-state index < -0.39 is 6.09 Å². The van der Waals surface area contributed by atoms with Gasteiger partial charge in [0.2, 0.25) is 0 Å². The number of amides is 1. The van der Waals surface area contributed by atoms with E-state index in [-0.39, 0.29) is 15.8 Å². The van der Waals surface area contributed by atoms with Crippen LogP contribution in [0, 0.1) is 0 Å². The zero-order valence-electron chi connectivity index (χ0n) is 23.0. The van der Waals surface area contributed by atoms with Crippen LogP contribution in [-0.2, 0) is 6.54 Å². The molecular weight excluding hydrogens is 567 g/mol. The molecule has 4 aromatic rings. The number of carbonyl (C=O) groups excluding carboxylic acids is 1. The minimum atomic E-state index is -0.709. The van der Waals surface area contributed by atoms with E-state index in [1.807, 2.05) is 6.07 Å². The Bertz CT molecular complexity index is 1520. The van der Waals surface area contributed by atoms with Crippen molar-refractivity contribution in [3.63, 3.8) is 0 Å². The number of benzene rings is 2. The summed E-state index contributed by atoms with van der Waals surface area (Å²) in [6.07, 6.45) is 4.10. The van der Waals surface area contributed by atoms with Crippen LogP contribution in [0.2, 0.25) is 10.0 Å². The van der Waals surface area contributed by atoms with Crippen LogP contribution in [0.3, 0.4) is 0 Å². The van der Waals surface area contributed by atoms with E-state index >= 15 is 0 Å². The van der Waals surface area contributed by atoms with Crippen LogP contribution >= 0.6 is 23.2 Å². The number of hydrogen-bond donors (Lipinski definition) is 1. The Morgan fingerprint density at radius 1 is 0.878 bits per heavy atom. The van der Waals surface area contributed by atoms with Crippen molar-refractivity contribution >= 4 is 46.1 Å². The second kappa shape index (κ2) is 12.9. The lowest BCUT2D eigenvalue weighted by Crippen LogP contribution is -2.45. The maximum atomic E-state index is 12.8. The van der Waals surface area contributed by atoms with Crippen LogP contribution in [0.15, 0.2) is 48.9 Å². The summed E-state index contributed by atoms with van der Waals surface area (Å²) in [5.41, 5.74) is 2.89. The molecule has 12 heteroatoms. The van der Waals surface area contributed by atoms with Crippen LogP contribution in [0.25, 0.3) is 22.2 Å². The van der Waals surface area contributed by atoms with Crippen LogP contribution in [0.4, 0.5) is 10.6 Å². The van der Waals surface area contributed by atoms with Crippen molar-refractivity contribution in [2.45, 2.75) is 13.5 Å². The number of carbonyl (C=O) groups is 1. The molecule has 0 bridgehead atoms. The van der Waals surface area contributed by atoms with E-state index in [9.17, 15) is 4.79 Å². The Balaban J connectivity index is 1.33. The molecule has 1 N–H and O–H groups in total. The number of fused-ring (bicyclic) bond motifs is 1. The van der Waals surface area contributed by atoms with Crippen molar-refractivity contribution in [3.05, 3.63) is 64.5 Å². The van der Waals surface area contributed by atoms with E-state index in [2.05, 4.69) is 37.0 Å². The fraction of sp³-hybridized carbons (Fsp3) is 0.310. The molecule has 1 saturated heterocycles. The molecule has 5 rings (SSSR count). The SMILES string of the molecule is CCN1CCN(Cc2ccc(NC(=O)Oc3ccc(-c4c(Cl)c(OC)cc(OC)c4Cl)c4nccnc34)nc2)CC1. The largest absolute Gasteiger partial charge is 0.495 e. The van der Waals surface area contributed by atoms with Crippen molar-refractivity contribution in [3.8, 4) is 28.4 Å². The molecule has 0 radical (unpaired) electrons. The Kier molecular flexibility index (Phi) is 9.04. The Morgan fingerprint density at radius 3 is 2.15 bits per heavy atom. The van der Waals surface area contributed by atoms with Crippen LogP contribution in [0.5, 0.6) is 17.2 Å². The summed E-state index contributed by atoms with van der Waals surface area (Å²) in [4.78, 5) is 30.9. The highest BCUT2D eigenvalue weighted by Gasteiger charge is 2.23. The number of likely N-dealkylation sites (N-methyl/N-ethyl adjacent to an activating group) is 1. The number of piperazine rings is 1. The normalized spacial score (nSPS) is 14.2. The molecule has 1 amide bonds. The highest BCUT2D eigenvalue weighted by atomic mass is 35.5. The van der Waals surface area contributed by atoms with Crippen LogP contribution in [-0.4, -0.2) is 77.8 Å². The van der Waals surface area contributed by atoms with E-state index in [1.165, 1.54) is 26.6 Å². The number of aromatic nitrogens is 3. The van der Waals surface area contributed by atoms with E-state index in [4.69, 9.17) is 37.4 Å². The molecule has 214 valence electrons. The quantitative estimate of drug-likeness (QED) is 0.272. The highest BCUT2D eigenvalue weighted by molar-refractivity contribution is 6.41. The molecule has 0 spiro atoms. The number of ether oxygens (including phenoxy) is 3. The lowest BCUT2D eigenvalue weighted by Gasteiger charge is -2.33. The molecular formula is C29H30Cl2N6O4. The molecule has 2 aromatic carbocycles. The lowest BCUT2D eigenvalue weighted by atomic mass is 10.0. The third-order valence-electron chi connectivity index (χ3n) is 7.01. The lowest BCUT2D eigenvalue weighted by molar-refractivity contribution is 0.132. The van der Waals surface area contributed by atoms with Gasteiger partial charge in [0.05, 0.1) is 24.3 Å². The Morgan fingerprint density at radius 2 is 1.54 bits per heavy atom. The summed E-state index contributed by atoms with van der Waals surface area (Å²) in [7, 11) is 3.01. The van der Waals surface area contributed by atoms with Gasteiger partial charge in [-0.25, -0.2) is 14.8 Å². The summed E-state index contributed by atoms with van der Waals surface area (Å²) >= 11 is 13.3. The molecule has 41 heavy (non-hydrogen) atoms. The molecule has 3 heterocycles. The molecule has 0 unspecified atom stereocenters. The van der Waals surface area contributed by atoms with Gasteiger partial charge in [-0.3, -0.25) is 15.2 Å². The number of anilines is 1. The number of pyridine rings is 1. The predicted molar refractivity (Wildman–Crippen MR) is 159 cm³/mol. The van der Waals surface area contributed by atoms with Crippen LogP contribution in [0.1, 0.15) is 12.5 Å². The molecule has 0 aliphatic carbocycles. The van der Waals surface area contributed by atoms with Gasteiger partial charge in [-0.2, -0.15) is 0 Å². The summed E-state index contributed by atoms with van der Waals surface area (Å²) in [6.45, 7) is 8.29. The van der Waals surface area contributed by atoms with Gasteiger partial charge in [-0.05, 0) is 30.3 Å². The van der Waals surface area contributed by atoms with Gasteiger partial charge in [0, 0.05) is 68.5 Å². The van der Waals surface area contributed by atoms with Crippen molar-refractivity contribution in [1.29, 1.82) is 0 Å². The molecule has 1 aliphatic heterocycles. The van der Waals surface area contributed by atoms with Crippen LogP contribution < -0.4 is 19.5 Å². The first-order chi connectivity index (χ1) is 19.9. The number of nitrogens with one attached hydrogen (secondary N) is 1. The number of hydrogen-bond acceptors (Lipinski definition) is 9. The molecule has 1 aliphatic rings. The van der Waals surface area contributed by atoms with E-state index in [0.717, 1.165) is 44.8 Å². The maximum Gasteiger partial charge on any atom is 0.418 e. The van der Waals surface area contributed by atoms with Gasteiger partial charge in [-0.15, -0.1) is 0 Å². The second-order valence-electron chi connectivity index (χ2n) is 9.43. The summed E-state index contributed by atoms with van der Waals surface area (Å²) in [6, 6.07) is 8.65. The van der Waals surface area contributed by atoms with Gasteiger partial charge in [0.1, 0.15) is 28.4 Å². The zero-order valence-corrected chi connectivity index (χ0v) is 24.5. The fourth-order valence-corrected chi connectivity index (χ4v) is 5.49. The minimum absolute atomic E-state index is 0.208. The third-order valence-corrected chi connectivity index (χ3v) is 7.76. The third kappa shape index (κ3) is 6.31. The average molecular weight is 598 g/mol. The highest BCUT2D eigenvalue weighted by Crippen LogP contribution is 2.47. The summed E-state index contributed by atoms with van der Waals surface area (Å²) < 4.78 is 16.4. The Labute approximate surface area is 248 Å². The maximum absolute atomic E-state index is 12.8. The number of nitrogens with zero attached hydrogens (tertiary/aromatic N) is 5. The number of halogens is 2. The number of methoxy groups -OCH3 is 2. The van der Waals surface area contributed by atoms with E-state index in [1.54, 1.807) is 30.5 Å². The van der Waals surface area contributed by atoms with Gasteiger partial charge in [0.15, 0.2) is 5.75 Å². The van der Waals surface area contributed by atoms with Crippen molar-refractivity contribution in [2.24, 2.45) is 0 Å². The summed E-state index contributed by atoms with van der Waals surface area (Å²) in [5, 5.41) is 3.25. The Hall–Kier alpha value is -3.70. The van der Waals surface area contributed by atoms with Gasteiger partial charge < -0.3 is 19.1 Å². The predicted octanol–water partition coefficient (Wildman–Crippen LogP) is 5.76. The molecule has 0 atom stereocenters. The van der Waals surface area contributed by atoms with E-state index in [0.29, 0.717) is 39.5 Å². The first-order valence-electron chi connectivity index (χ1n) is 13.1. The van der Waals surface area contributed by atoms with Gasteiger partial charge in [0.25, 0.3) is 0 Å². The molecule has 2 aromatic heterocycles. The first kappa shape index (κ1) is 28.8. The van der Waals surface area contributed by atoms with Crippen molar-refractivity contribution in [1.82, 2.24) is 24.8 Å². The molecule has 0 saturated carbocycles. The van der Waals surface area contributed by atoms with Crippen molar-refractivity contribution < 1.29 is 19.0 Å². The monoisotopic (exact) mass is 596 g/mol. The fourth-order valence-electron chi connectivity index (χ4n) is 4.78. The minimum Gasteiger partial charge on any atom is -0.495 e. The smallest absolute Gasteiger partial charge is 0.418 e. The van der Waals surface area contributed by atoms with Gasteiger partial charge in [-0.1, -0.05) is 36.2 Å². The zero-order chi connectivity index (χ0) is 28.9. The topological polar surface area (TPSA) is 102 Å².